The number of rotatable bonds is 3. The second-order valence-electron chi connectivity index (χ2n) is 7.16. The highest BCUT2D eigenvalue weighted by Gasteiger charge is 2.34. The van der Waals surface area contributed by atoms with Crippen molar-refractivity contribution in [3.05, 3.63) is 29.8 Å². The monoisotopic (exact) mass is 364 g/mol. The molecule has 2 aliphatic heterocycles. The lowest BCUT2D eigenvalue weighted by Crippen LogP contribution is -2.44. The van der Waals surface area contributed by atoms with Crippen molar-refractivity contribution in [1.29, 1.82) is 0 Å². The van der Waals surface area contributed by atoms with E-state index in [9.17, 15) is 13.2 Å². The minimum atomic E-state index is -3.18. The highest BCUT2D eigenvalue weighted by Crippen LogP contribution is 2.27. The Morgan fingerprint density at radius 3 is 2.72 bits per heavy atom. The van der Waals surface area contributed by atoms with Crippen molar-refractivity contribution in [2.75, 3.05) is 23.1 Å². The molecule has 7 nitrogen and oxygen atoms in total. The van der Waals surface area contributed by atoms with Crippen LogP contribution >= 0.6 is 0 Å². The van der Waals surface area contributed by atoms with Gasteiger partial charge in [-0.15, -0.1) is 0 Å². The van der Waals surface area contributed by atoms with Crippen molar-refractivity contribution in [1.82, 2.24) is 16.2 Å². The average molecular weight is 364 g/mol. The van der Waals surface area contributed by atoms with E-state index >= 15 is 0 Å². The first-order chi connectivity index (χ1) is 12.0. The van der Waals surface area contributed by atoms with Crippen LogP contribution in [0.3, 0.4) is 0 Å². The fraction of sp³-hybridized carbons (Fsp3) is 0.588. The fourth-order valence-corrected chi connectivity index (χ4v) is 5.67. The predicted octanol–water partition coefficient (Wildman–Crippen LogP) is 0.601. The summed E-state index contributed by atoms with van der Waals surface area (Å²) in [6.45, 7) is 1.47. The number of carbonyl (C=O) groups is 1. The van der Waals surface area contributed by atoms with Gasteiger partial charge in [0.15, 0.2) is 0 Å². The zero-order valence-corrected chi connectivity index (χ0v) is 14.9. The molecule has 3 N–H and O–H groups in total. The molecule has 1 amide bonds. The number of nitrogens with zero attached hydrogens (tertiary/aromatic N) is 1. The number of amides is 1. The number of carbonyl (C=O) groups excluding carboxylic acids is 1. The molecule has 0 aromatic heterocycles. The largest absolute Gasteiger partial charge is 0.349 e. The van der Waals surface area contributed by atoms with E-state index in [1.54, 1.807) is 24.3 Å². The third-order valence-electron chi connectivity index (χ3n) is 5.49. The van der Waals surface area contributed by atoms with Crippen molar-refractivity contribution < 1.29 is 13.2 Å². The number of nitrogens with one attached hydrogen (secondary N) is 3. The van der Waals surface area contributed by atoms with Crippen LogP contribution < -0.4 is 20.5 Å². The summed E-state index contributed by atoms with van der Waals surface area (Å²) >= 11 is 0. The molecule has 8 heteroatoms. The van der Waals surface area contributed by atoms with Crippen LogP contribution in [0.5, 0.6) is 0 Å². The molecule has 4 rings (SSSR count). The van der Waals surface area contributed by atoms with E-state index in [-0.39, 0.29) is 17.7 Å². The Morgan fingerprint density at radius 2 is 2.00 bits per heavy atom. The highest BCUT2D eigenvalue weighted by molar-refractivity contribution is 7.93. The van der Waals surface area contributed by atoms with Crippen molar-refractivity contribution in [2.24, 2.45) is 5.92 Å². The maximum Gasteiger partial charge on any atom is 0.251 e. The van der Waals surface area contributed by atoms with E-state index in [1.165, 1.54) is 4.31 Å². The normalized spacial score (nSPS) is 30.9. The van der Waals surface area contributed by atoms with E-state index in [2.05, 4.69) is 16.2 Å². The van der Waals surface area contributed by atoms with Crippen molar-refractivity contribution in [2.45, 2.75) is 37.8 Å². The van der Waals surface area contributed by atoms with Gasteiger partial charge in [-0.3, -0.25) is 20.0 Å². The Kier molecular flexibility index (Phi) is 4.43. The molecule has 1 aromatic rings. The van der Waals surface area contributed by atoms with Gasteiger partial charge in [0.25, 0.3) is 5.91 Å². The first kappa shape index (κ1) is 16.8. The summed E-state index contributed by atoms with van der Waals surface area (Å²) < 4.78 is 25.4. The topological polar surface area (TPSA) is 90.5 Å². The van der Waals surface area contributed by atoms with Crippen LogP contribution in [0.25, 0.3) is 0 Å². The summed E-state index contributed by atoms with van der Waals surface area (Å²) in [5.41, 5.74) is 7.69. The minimum absolute atomic E-state index is 0.0850. The van der Waals surface area contributed by atoms with Crippen LogP contribution in [0.1, 0.15) is 36.0 Å². The van der Waals surface area contributed by atoms with Gasteiger partial charge < -0.3 is 5.32 Å². The molecule has 0 radical (unpaired) electrons. The zero-order valence-electron chi connectivity index (χ0n) is 14.1. The first-order valence-electron chi connectivity index (χ1n) is 8.93. The number of hydrogen-bond acceptors (Lipinski definition) is 5. The Balaban J connectivity index is 1.39. The lowest BCUT2D eigenvalue weighted by atomic mass is 9.83. The van der Waals surface area contributed by atoms with E-state index in [1.807, 2.05) is 0 Å². The fourth-order valence-electron chi connectivity index (χ4n) is 4.11. The number of hydrazine groups is 1. The molecule has 25 heavy (non-hydrogen) atoms. The molecule has 3 fully saturated rings. The molecule has 3 aliphatic rings. The van der Waals surface area contributed by atoms with E-state index in [0.29, 0.717) is 36.2 Å². The number of anilines is 1. The maximum atomic E-state index is 12.5. The Bertz CT molecular complexity index is 750. The molecule has 0 bridgehead atoms. The average Bonchev–Trinajstić information content (AvgIpc) is 3.20. The number of fused-ring (bicyclic) bond motifs is 1. The molecule has 3 atom stereocenters. The SMILES string of the molecule is O=C(NC1CCC2NNCC2C1)c1ccc(N2CCCS2(=O)=O)cc1. The lowest BCUT2D eigenvalue weighted by Gasteiger charge is -2.31. The maximum absolute atomic E-state index is 12.5. The zero-order chi connectivity index (χ0) is 17.4. The summed E-state index contributed by atoms with van der Waals surface area (Å²) in [6, 6.07) is 7.59. The Morgan fingerprint density at radius 1 is 1.20 bits per heavy atom. The van der Waals surface area contributed by atoms with Crippen LogP contribution in [0.2, 0.25) is 0 Å². The standard InChI is InChI=1S/C17H24N4O3S/c22-17(19-14-4-7-16-13(10-14)11-18-20-16)12-2-5-15(6-3-12)21-8-1-9-25(21,23)24/h2-3,5-6,13-14,16,18,20H,1,4,7-11H2,(H,19,22). The Hall–Kier alpha value is -1.64. The highest BCUT2D eigenvalue weighted by atomic mass is 32.2. The molecule has 1 saturated carbocycles. The minimum Gasteiger partial charge on any atom is -0.349 e. The Labute approximate surface area is 148 Å². The second-order valence-corrected chi connectivity index (χ2v) is 9.18. The molecule has 1 aromatic carbocycles. The molecule has 2 heterocycles. The molecular weight excluding hydrogens is 340 g/mol. The van der Waals surface area contributed by atoms with Gasteiger partial charge >= 0.3 is 0 Å². The van der Waals surface area contributed by atoms with Gasteiger partial charge in [0, 0.05) is 30.7 Å². The quantitative estimate of drug-likeness (QED) is 0.731. The van der Waals surface area contributed by atoms with Crippen molar-refractivity contribution >= 4 is 21.6 Å². The molecular formula is C17H24N4O3S. The predicted molar refractivity (Wildman–Crippen MR) is 95.7 cm³/mol. The van der Waals surface area contributed by atoms with Crippen LogP contribution in [-0.2, 0) is 10.0 Å². The van der Waals surface area contributed by atoms with E-state index in [0.717, 1.165) is 25.8 Å². The van der Waals surface area contributed by atoms with Crippen LogP contribution in [-0.4, -0.2) is 45.3 Å². The van der Waals surface area contributed by atoms with Gasteiger partial charge in [-0.25, -0.2) is 8.42 Å². The van der Waals surface area contributed by atoms with Gasteiger partial charge in [0.2, 0.25) is 10.0 Å². The van der Waals surface area contributed by atoms with E-state index < -0.39 is 10.0 Å². The summed E-state index contributed by atoms with van der Waals surface area (Å²) in [4.78, 5) is 12.5. The third kappa shape index (κ3) is 3.38. The van der Waals surface area contributed by atoms with Crippen LogP contribution in [0.4, 0.5) is 5.69 Å². The van der Waals surface area contributed by atoms with Gasteiger partial charge in [0.05, 0.1) is 11.4 Å². The summed E-state index contributed by atoms with van der Waals surface area (Å²) in [5, 5.41) is 3.13. The van der Waals surface area contributed by atoms with Crippen LogP contribution in [0, 0.1) is 5.92 Å². The van der Waals surface area contributed by atoms with Gasteiger partial charge in [-0.2, -0.15) is 0 Å². The number of sulfonamides is 1. The third-order valence-corrected chi connectivity index (χ3v) is 7.36. The van der Waals surface area contributed by atoms with Crippen molar-refractivity contribution in [3.63, 3.8) is 0 Å². The summed E-state index contributed by atoms with van der Waals surface area (Å²) in [6.07, 6.45) is 3.68. The van der Waals surface area contributed by atoms with Gasteiger partial charge in [0.1, 0.15) is 0 Å². The molecule has 1 aliphatic carbocycles. The lowest BCUT2D eigenvalue weighted by molar-refractivity contribution is 0.0918. The summed E-state index contributed by atoms with van der Waals surface area (Å²) in [5.74, 6) is 0.683. The molecule has 3 unspecified atom stereocenters. The van der Waals surface area contributed by atoms with Gasteiger partial charge in [-0.1, -0.05) is 0 Å². The number of hydrogen-bond donors (Lipinski definition) is 3. The van der Waals surface area contributed by atoms with Gasteiger partial charge in [-0.05, 0) is 55.9 Å². The van der Waals surface area contributed by atoms with E-state index in [4.69, 9.17) is 0 Å². The van der Waals surface area contributed by atoms with Crippen molar-refractivity contribution in [3.8, 4) is 0 Å². The first-order valence-corrected chi connectivity index (χ1v) is 10.5. The van der Waals surface area contributed by atoms with Crippen LogP contribution in [0.15, 0.2) is 24.3 Å². The smallest absolute Gasteiger partial charge is 0.251 e. The molecule has 2 saturated heterocycles. The number of benzene rings is 1. The second kappa shape index (κ2) is 6.59. The molecule has 0 spiro atoms. The summed E-state index contributed by atoms with van der Waals surface area (Å²) in [7, 11) is -3.18. The molecule has 136 valence electrons.